The molecule has 1 aliphatic rings. The first-order chi connectivity index (χ1) is 18.7. The van der Waals surface area contributed by atoms with Crippen LogP contribution < -0.4 is 10.6 Å². The van der Waals surface area contributed by atoms with E-state index in [4.69, 9.17) is 0 Å². The lowest BCUT2D eigenvalue weighted by Gasteiger charge is -2.28. The number of carbonyl (C=O) groups is 2. The van der Waals surface area contributed by atoms with E-state index in [1.54, 1.807) is 24.4 Å². The molecule has 1 amide bonds. The summed E-state index contributed by atoms with van der Waals surface area (Å²) in [4.78, 5) is 34.0. The average molecular weight is 523 g/mol. The molecule has 0 saturated heterocycles. The van der Waals surface area contributed by atoms with Gasteiger partial charge in [-0.25, -0.2) is 0 Å². The molecule has 7 heteroatoms. The van der Waals surface area contributed by atoms with Crippen molar-refractivity contribution in [1.82, 2.24) is 15.3 Å². The second-order valence-corrected chi connectivity index (χ2v) is 11.2. The molecule has 0 radical (unpaired) electrons. The molecule has 200 valence electrons. The van der Waals surface area contributed by atoms with Gasteiger partial charge in [0.2, 0.25) is 0 Å². The molecule has 39 heavy (non-hydrogen) atoms. The zero-order valence-electron chi connectivity index (χ0n) is 22.5. The van der Waals surface area contributed by atoms with E-state index < -0.39 is 0 Å². The van der Waals surface area contributed by atoms with Gasteiger partial charge in [0.25, 0.3) is 5.91 Å². The fourth-order valence-electron chi connectivity index (χ4n) is 5.27. The molecule has 0 saturated carbocycles. The van der Waals surface area contributed by atoms with Crippen LogP contribution in [0.4, 0.5) is 11.4 Å². The molecule has 2 aromatic heterocycles. The van der Waals surface area contributed by atoms with E-state index in [1.165, 1.54) is 6.07 Å². The summed E-state index contributed by atoms with van der Waals surface area (Å²) in [6, 6.07) is 20.4. The summed E-state index contributed by atoms with van der Waals surface area (Å²) in [5.74, 6) is -0.0794. The maximum Gasteiger partial charge on any atom is 0.255 e. The number of rotatable bonds is 8. The van der Waals surface area contributed by atoms with Crippen molar-refractivity contribution in [3.8, 4) is 17.0 Å². The van der Waals surface area contributed by atoms with Gasteiger partial charge in [-0.05, 0) is 60.6 Å². The quantitative estimate of drug-likeness (QED) is 0.218. The first-order valence-electron chi connectivity index (χ1n) is 13.3. The van der Waals surface area contributed by atoms with Crippen LogP contribution in [0, 0.1) is 11.3 Å². The molecule has 7 nitrogen and oxygen atoms in total. The van der Waals surface area contributed by atoms with Gasteiger partial charge in [0.15, 0.2) is 5.78 Å². The van der Waals surface area contributed by atoms with Gasteiger partial charge in [0.1, 0.15) is 5.75 Å². The normalized spacial score (nSPS) is 14.9. The number of hydrogen-bond acceptors (Lipinski definition) is 5. The van der Waals surface area contributed by atoms with Crippen molar-refractivity contribution in [2.24, 2.45) is 11.3 Å². The average Bonchev–Trinajstić information content (AvgIpc) is 3.25. The van der Waals surface area contributed by atoms with Gasteiger partial charge in [0, 0.05) is 41.8 Å². The summed E-state index contributed by atoms with van der Waals surface area (Å²) >= 11 is 0. The van der Waals surface area contributed by atoms with Gasteiger partial charge in [-0.15, -0.1) is 0 Å². The predicted octanol–water partition coefficient (Wildman–Crippen LogP) is 6.29. The summed E-state index contributed by atoms with van der Waals surface area (Å²) < 4.78 is 0. The number of aromatic hydroxyl groups is 1. The molecule has 2 aromatic carbocycles. The number of pyridine rings is 1. The number of para-hydroxylation sites is 2. The van der Waals surface area contributed by atoms with Crippen LogP contribution in [0.15, 0.2) is 72.9 Å². The van der Waals surface area contributed by atoms with Crippen molar-refractivity contribution in [3.05, 3.63) is 95.4 Å². The molecule has 4 aromatic rings. The van der Waals surface area contributed by atoms with Gasteiger partial charge in [0.05, 0.1) is 22.5 Å². The number of hydrogen-bond donors (Lipinski definition) is 4. The number of fused-ring (bicyclic) bond motifs is 1. The van der Waals surface area contributed by atoms with E-state index in [2.05, 4.69) is 41.4 Å². The number of nitrogens with one attached hydrogen (secondary N) is 3. The largest absolute Gasteiger partial charge is 0.507 e. The van der Waals surface area contributed by atoms with Crippen LogP contribution in [0.25, 0.3) is 11.3 Å². The molecular formula is C32H34N4O3. The van der Waals surface area contributed by atoms with Crippen LogP contribution in [0.5, 0.6) is 5.75 Å². The Morgan fingerprint density at radius 3 is 2.59 bits per heavy atom. The molecule has 1 atom stereocenters. The smallest absolute Gasteiger partial charge is 0.255 e. The lowest BCUT2D eigenvalue weighted by Crippen LogP contribution is -2.29. The van der Waals surface area contributed by atoms with E-state index in [0.717, 1.165) is 46.0 Å². The first kappa shape index (κ1) is 26.2. The Labute approximate surface area is 228 Å². The van der Waals surface area contributed by atoms with Crippen molar-refractivity contribution in [2.75, 3.05) is 11.9 Å². The SMILES string of the molecule is CC(CNC(=O)c1ccccc1O)Cc1cc(-c2[nH]c3c(c2Nc2ccccc2)C(=O)CC(C)(C)C3)ccn1. The molecule has 0 spiro atoms. The van der Waals surface area contributed by atoms with E-state index in [1.807, 2.05) is 42.5 Å². The summed E-state index contributed by atoms with van der Waals surface area (Å²) in [5.41, 5.74) is 6.30. The third-order valence-electron chi connectivity index (χ3n) is 7.12. The van der Waals surface area contributed by atoms with Crippen molar-refractivity contribution in [1.29, 1.82) is 0 Å². The highest BCUT2D eigenvalue weighted by molar-refractivity contribution is 6.07. The third-order valence-corrected chi connectivity index (χ3v) is 7.12. The van der Waals surface area contributed by atoms with E-state index in [-0.39, 0.29) is 34.3 Å². The monoisotopic (exact) mass is 522 g/mol. The molecule has 2 heterocycles. The van der Waals surface area contributed by atoms with Crippen LogP contribution in [-0.4, -0.2) is 33.3 Å². The fraction of sp³-hybridized carbons (Fsp3) is 0.281. The zero-order valence-corrected chi connectivity index (χ0v) is 22.5. The Morgan fingerprint density at radius 2 is 1.82 bits per heavy atom. The van der Waals surface area contributed by atoms with Crippen LogP contribution >= 0.6 is 0 Å². The molecule has 0 aliphatic heterocycles. The topological polar surface area (TPSA) is 107 Å². The Bertz CT molecular complexity index is 1510. The number of nitrogens with zero attached hydrogens (tertiary/aromatic N) is 1. The number of Topliss-reactive ketones (excluding diaryl/α,β-unsaturated/α-hetero) is 1. The highest BCUT2D eigenvalue weighted by Gasteiger charge is 2.35. The number of phenols is 1. The van der Waals surface area contributed by atoms with Crippen LogP contribution in [0.3, 0.4) is 0 Å². The highest BCUT2D eigenvalue weighted by Crippen LogP contribution is 2.43. The number of aromatic amines is 1. The summed E-state index contributed by atoms with van der Waals surface area (Å²) in [5, 5.41) is 16.4. The van der Waals surface area contributed by atoms with Gasteiger partial charge >= 0.3 is 0 Å². The minimum absolute atomic E-state index is 0.0348. The second kappa shape index (κ2) is 10.8. The third kappa shape index (κ3) is 5.87. The molecule has 4 N–H and O–H groups in total. The first-order valence-corrected chi connectivity index (χ1v) is 13.3. The van der Waals surface area contributed by atoms with Gasteiger partial charge < -0.3 is 20.7 Å². The molecule has 1 unspecified atom stereocenters. The van der Waals surface area contributed by atoms with Crippen molar-refractivity contribution >= 4 is 23.1 Å². The Kier molecular flexibility index (Phi) is 7.24. The van der Waals surface area contributed by atoms with Crippen molar-refractivity contribution < 1.29 is 14.7 Å². The van der Waals surface area contributed by atoms with Crippen molar-refractivity contribution in [2.45, 2.75) is 40.0 Å². The van der Waals surface area contributed by atoms with Gasteiger partial charge in [-0.2, -0.15) is 0 Å². The van der Waals surface area contributed by atoms with Crippen LogP contribution in [0.2, 0.25) is 0 Å². The Morgan fingerprint density at radius 1 is 1.08 bits per heavy atom. The summed E-state index contributed by atoms with van der Waals surface area (Å²) in [6.45, 7) is 6.75. The fourth-order valence-corrected chi connectivity index (χ4v) is 5.27. The number of phenolic OH excluding ortho intramolecular Hbond substituents is 1. The standard InChI is InChI=1S/C32H34N4O3/c1-20(19-34-31(39)24-11-7-8-12-26(24)37)15-23-16-21(13-14-33-23)29-30(35-22-9-5-4-6-10-22)28-25(36-29)17-32(2,3)18-27(28)38/h4-14,16,20,35-37H,15,17-19H2,1-3H3,(H,34,39). The molecule has 0 bridgehead atoms. The highest BCUT2D eigenvalue weighted by atomic mass is 16.3. The molecule has 0 fully saturated rings. The lowest BCUT2D eigenvalue weighted by molar-refractivity contribution is 0.0910. The molecular weight excluding hydrogens is 488 g/mol. The van der Waals surface area contributed by atoms with Gasteiger partial charge in [-0.1, -0.05) is 51.1 Å². The maximum absolute atomic E-state index is 13.3. The maximum atomic E-state index is 13.3. The Balaban J connectivity index is 1.38. The minimum Gasteiger partial charge on any atom is -0.507 e. The Hall–Kier alpha value is -4.39. The van der Waals surface area contributed by atoms with Crippen LogP contribution in [-0.2, 0) is 12.8 Å². The number of anilines is 2. The lowest BCUT2D eigenvalue weighted by atomic mass is 9.76. The number of carbonyl (C=O) groups excluding carboxylic acids is 2. The van der Waals surface area contributed by atoms with Crippen LogP contribution in [0.1, 0.15) is 59.3 Å². The molecule has 5 rings (SSSR count). The van der Waals surface area contributed by atoms with Crippen molar-refractivity contribution in [3.63, 3.8) is 0 Å². The number of H-pyrrole nitrogens is 1. The summed E-state index contributed by atoms with van der Waals surface area (Å²) in [7, 11) is 0. The van der Waals surface area contributed by atoms with E-state index in [9.17, 15) is 14.7 Å². The summed E-state index contributed by atoms with van der Waals surface area (Å²) in [6.07, 6.45) is 3.74. The molecule has 1 aliphatic carbocycles. The predicted molar refractivity (Wildman–Crippen MR) is 153 cm³/mol. The van der Waals surface area contributed by atoms with Gasteiger partial charge in [-0.3, -0.25) is 14.6 Å². The zero-order chi connectivity index (χ0) is 27.6. The second-order valence-electron chi connectivity index (χ2n) is 11.2. The number of aromatic nitrogens is 2. The number of ketones is 1. The number of benzene rings is 2. The minimum atomic E-state index is -0.303. The van der Waals surface area contributed by atoms with E-state index in [0.29, 0.717) is 19.4 Å². The van der Waals surface area contributed by atoms with E-state index >= 15 is 0 Å². The number of amides is 1.